The Morgan fingerprint density at radius 1 is 1.25 bits per heavy atom. The molecule has 0 spiro atoms. The molecule has 16 heavy (non-hydrogen) atoms. The summed E-state index contributed by atoms with van der Waals surface area (Å²) in [6.45, 7) is 6.60. The van der Waals surface area contributed by atoms with Gasteiger partial charge in [0.2, 0.25) is 0 Å². The SMILES string of the molecule is CC.Cc1cc2c(N)nccc2cc1CN. The Balaban J connectivity index is 0.000000606. The molecule has 0 radical (unpaired) electrons. The third-order valence-electron chi connectivity index (χ3n) is 2.47. The molecule has 0 aliphatic heterocycles. The topological polar surface area (TPSA) is 64.9 Å². The van der Waals surface area contributed by atoms with E-state index < -0.39 is 0 Å². The maximum Gasteiger partial charge on any atom is 0.131 e. The summed E-state index contributed by atoms with van der Waals surface area (Å²) in [5.74, 6) is 0.578. The summed E-state index contributed by atoms with van der Waals surface area (Å²) in [5, 5.41) is 2.10. The first-order valence-corrected chi connectivity index (χ1v) is 5.56. The molecule has 0 amide bonds. The van der Waals surface area contributed by atoms with Crippen LogP contribution in [0.3, 0.4) is 0 Å². The minimum Gasteiger partial charge on any atom is -0.383 e. The van der Waals surface area contributed by atoms with E-state index in [4.69, 9.17) is 11.5 Å². The van der Waals surface area contributed by atoms with Gasteiger partial charge in [-0.05, 0) is 41.6 Å². The number of aromatic nitrogens is 1. The Morgan fingerprint density at radius 2 is 1.94 bits per heavy atom. The normalized spacial score (nSPS) is 9.75. The molecular weight excluding hydrogens is 198 g/mol. The lowest BCUT2D eigenvalue weighted by Crippen LogP contribution is -2.00. The lowest BCUT2D eigenvalue weighted by molar-refractivity contribution is 1.05. The summed E-state index contributed by atoms with van der Waals surface area (Å²) in [4.78, 5) is 4.05. The van der Waals surface area contributed by atoms with Crippen molar-refractivity contribution in [2.45, 2.75) is 27.3 Å². The predicted octanol–water partition coefficient (Wildman–Crippen LogP) is 2.61. The Bertz CT molecular complexity index is 478. The number of hydrogen-bond acceptors (Lipinski definition) is 3. The van der Waals surface area contributed by atoms with E-state index in [1.165, 1.54) is 5.56 Å². The Morgan fingerprint density at radius 3 is 2.56 bits per heavy atom. The second-order valence-electron chi connectivity index (χ2n) is 3.40. The van der Waals surface area contributed by atoms with Crippen LogP contribution in [0.5, 0.6) is 0 Å². The van der Waals surface area contributed by atoms with E-state index in [9.17, 15) is 0 Å². The van der Waals surface area contributed by atoms with Crippen molar-refractivity contribution in [2.24, 2.45) is 5.73 Å². The smallest absolute Gasteiger partial charge is 0.131 e. The first-order chi connectivity index (χ1) is 7.72. The number of nitrogen functional groups attached to an aromatic ring is 1. The van der Waals surface area contributed by atoms with E-state index in [-0.39, 0.29) is 0 Å². The fourth-order valence-electron chi connectivity index (χ4n) is 1.62. The van der Waals surface area contributed by atoms with Crippen LogP contribution in [0.25, 0.3) is 10.8 Å². The number of aryl methyl sites for hydroxylation is 1. The van der Waals surface area contributed by atoms with Gasteiger partial charge in [0.1, 0.15) is 5.82 Å². The third-order valence-corrected chi connectivity index (χ3v) is 2.47. The van der Waals surface area contributed by atoms with Crippen LogP contribution in [0, 0.1) is 6.92 Å². The highest BCUT2D eigenvalue weighted by atomic mass is 14.8. The van der Waals surface area contributed by atoms with E-state index in [0.29, 0.717) is 12.4 Å². The quantitative estimate of drug-likeness (QED) is 0.771. The Hall–Kier alpha value is -1.61. The lowest BCUT2D eigenvalue weighted by atomic mass is 10.0. The van der Waals surface area contributed by atoms with Gasteiger partial charge in [-0.2, -0.15) is 0 Å². The predicted molar refractivity (Wildman–Crippen MR) is 70.1 cm³/mol. The van der Waals surface area contributed by atoms with Gasteiger partial charge < -0.3 is 11.5 Å². The molecule has 2 rings (SSSR count). The molecule has 86 valence electrons. The van der Waals surface area contributed by atoms with E-state index in [0.717, 1.165) is 16.3 Å². The molecule has 1 heterocycles. The first-order valence-electron chi connectivity index (χ1n) is 5.56. The first kappa shape index (κ1) is 12.5. The molecule has 0 aliphatic carbocycles. The molecule has 2 aromatic rings. The van der Waals surface area contributed by atoms with Crippen molar-refractivity contribution in [3.63, 3.8) is 0 Å². The van der Waals surface area contributed by atoms with Gasteiger partial charge in [-0.15, -0.1) is 0 Å². The summed E-state index contributed by atoms with van der Waals surface area (Å²) < 4.78 is 0. The Labute approximate surface area is 96.5 Å². The Kier molecular flexibility index (Phi) is 4.26. The maximum absolute atomic E-state index is 5.77. The highest BCUT2D eigenvalue weighted by Crippen LogP contribution is 2.22. The molecule has 0 saturated carbocycles. The summed E-state index contributed by atoms with van der Waals surface area (Å²) >= 11 is 0. The van der Waals surface area contributed by atoms with Crippen molar-refractivity contribution in [3.05, 3.63) is 35.5 Å². The van der Waals surface area contributed by atoms with Crippen molar-refractivity contribution in [3.8, 4) is 0 Å². The standard InChI is InChI=1S/C11H13N3.C2H6/c1-7-4-10-8(5-9(7)6-12)2-3-14-11(10)13;1-2/h2-5H,6,12H2,1H3,(H2,13,14);1-2H3. The van der Waals surface area contributed by atoms with Crippen molar-refractivity contribution in [2.75, 3.05) is 5.73 Å². The molecule has 4 N–H and O–H groups in total. The zero-order valence-electron chi connectivity index (χ0n) is 10.1. The van der Waals surface area contributed by atoms with Crippen LogP contribution in [0.4, 0.5) is 5.82 Å². The molecule has 0 saturated heterocycles. The minimum atomic E-state index is 0.560. The van der Waals surface area contributed by atoms with Crippen LogP contribution < -0.4 is 11.5 Å². The molecule has 0 bridgehead atoms. The van der Waals surface area contributed by atoms with Crippen molar-refractivity contribution >= 4 is 16.6 Å². The van der Waals surface area contributed by atoms with Gasteiger partial charge >= 0.3 is 0 Å². The van der Waals surface area contributed by atoms with Crippen LogP contribution in [-0.2, 0) is 6.54 Å². The van der Waals surface area contributed by atoms with Gasteiger partial charge in [-0.25, -0.2) is 4.98 Å². The average Bonchev–Trinajstić information content (AvgIpc) is 2.32. The molecule has 0 aliphatic rings. The summed E-state index contributed by atoms with van der Waals surface area (Å²) in [6, 6.07) is 6.06. The highest BCUT2D eigenvalue weighted by Gasteiger charge is 2.02. The number of fused-ring (bicyclic) bond motifs is 1. The van der Waals surface area contributed by atoms with Crippen LogP contribution in [-0.4, -0.2) is 4.98 Å². The van der Waals surface area contributed by atoms with Gasteiger partial charge in [0, 0.05) is 18.1 Å². The van der Waals surface area contributed by atoms with E-state index in [1.807, 2.05) is 32.9 Å². The molecule has 3 heteroatoms. The maximum atomic E-state index is 5.77. The summed E-state index contributed by atoms with van der Waals surface area (Å²) in [6.07, 6.45) is 1.72. The number of pyridine rings is 1. The highest BCUT2D eigenvalue weighted by molar-refractivity contribution is 5.91. The number of rotatable bonds is 1. The number of nitrogens with zero attached hydrogens (tertiary/aromatic N) is 1. The van der Waals surface area contributed by atoms with Crippen LogP contribution in [0.2, 0.25) is 0 Å². The van der Waals surface area contributed by atoms with Crippen LogP contribution >= 0.6 is 0 Å². The second-order valence-corrected chi connectivity index (χ2v) is 3.40. The van der Waals surface area contributed by atoms with E-state index in [1.54, 1.807) is 6.20 Å². The number of anilines is 1. The molecule has 0 fully saturated rings. The zero-order chi connectivity index (χ0) is 12.1. The third kappa shape index (κ3) is 2.31. The fraction of sp³-hybridized carbons (Fsp3) is 0.308. The van der Waals surface area contributed by atoms with E-state index >= 15 is 0 Å². The summed E-state index contributed by atoms with van der Waals surface area (Å²) in [5.41, 5.74) is 13.7. The molecule has 1 aromatic carbocycles. The monoisotopic (exact) mass is 217 g/mol. The minimum absolute atomic E-state index is 0.560. The second kappa shape index (κ2) is 5.47. The van der Waals surface area contributed by atoms with Gasteiger partial charge in [-0.1, -0.05) is 13.8 Å². The molecular formula is C13H19N3. The van der Waals surface area contributed by atoms with Gasteiger partial charge in [0.05, 0.1) is 0 Å². The van der Waals surface area contributed by atoms with Crippen molar-refractivity contribution < 1.29 is 0 Å². The van der Waals surface area contributed by atoms with Gasteiger partial charge in [0.15, 0.2) is 0 Å². The van der Waals surface area contributed by atoms with Crippen molar-refractivity contribution in [1.29, 1.82) is 0 Å². The van der Waals surface area contributed by atoms with Gasteiger partial charge in [-0.3, -0.25) is 0 Å². The van der Waals surface area contributed by atoms with Crippen LogP contribution in [0.15, 0.2) is 24.4 Å². The number of nitrogens with two attached hydrogens (primary N) is 2. The summed E-state index contributed by atoms with van der Waals surface area (Å²) in [7, 11) is 0. The fourth-order valence-corrected chi connectivity index (χ4v) is 1.62. The molecule has 0 unspecified atom stereocenters. The number of benzene rings is 1. The van der Waals surface area contributed by atoms with Crippen molar-refractivity contribution in [1.82, 2.24) is 4.98 Å². The lowest BCUT2D eigenvalue weighted by Gasteiger charge is -2.06. The average molecular weight is 217 g/mol. The largest absolute Gasteiger partial charge is 0.383 e. The molecule has 1 aromatic heterocycles. The molecule has 3 nitrogen and oxygen atoms in total. The molecule has 0 atom stereocenters. The number of hydrogen-bond donors (Lipinski definition) is 2. The zero-order valence-corrected chi connectivity index (χ0v) is 10.1. The van der Waals surface area contributed by atoms with E-state index in [2.05, 4.69) is 11.1 Å². The van der Waals surface area contributed by atoms with Crippen LogP contribution in [0.1, 0.15) is 25.0 Å². The van der Waals surface area contributed by atoms with Gasteiger partial charge in [0.25, 0.3) is 0 Å².